The molecular formula is C13H20N2O2. The van der Waals surface area contributed by atoms with Crippen LogP contribution in [0.1, 0.15) is 37.9 Å². The number of aromatic nitrogens is 1. The lowest BCUT2D eigenvalue weighted by Gasteiger charge is -2.47. The van der Waals surface area contributed by atoms with Crippen molar-refractivity contribution in [2.75, 3.05) is 13.1 Å². The molecule has 0 aromatic carbocycles. The number of likely N-dealkylation sites (tertiary alicyclic amines) is 1. The first kappa shape index (κ1) is 11.2. The number of fused-ring (bicyclic) bond motifs is 1. The van der Waals surface area contributed by atoms with Gasteiger partial charge in [-0.1, -0.05) is 18.0 Å². The number of aliphatic hydroxyl groups is 1. The summed E-state index contributed by atoms with van der Waals surface area (Å²) >= 11 is 0. The molecule has 1 aromatic rings. The number of hydrogen-bond acceptors (Lipinski definition) is 4. The zero-order valence-corrected chi connectivity index (χ0v) is 10.1. The quantitative estimate of drug-likeness (QED) is 0.850. The van der Waals surface area contributed by atoms with Gasteiger partial charge in [0.25, 0.3) is 0 Å². The van der Waals surface area contributed by atoms with Crippen LogP contribution in [-0.4, -0.2) is 33.9 Å². The highest BCUT2D eigenvalue weighted by atomic mass is 16.5. The van der Waals surface area contributed by atoms with E-state index in [1.165, 1.54) is 19.3 Å². The topological polar surface area (TPSA) is 49.5 Å². The van der Waals surface area contributed by atoms with Crippen molar-refractivity contribution in [3.63, 3.8) is 0 Å². The van der Waals surface area contributed by atoms with Crippen molar-refractivity contribution in [3.8, 4) is 0 Å². The molecule has 0 bridgehead atoms. The fourth-order valence-corrected chi connectivity index (χ4v) is 3.33. The van der Waals surface area contributed by atoms with Gasteiger partial charge in [0, 0.05) is 25.1 Å². The maximum Gasteiger partial charge on any atom is 0.150 e. The molecule has 0 spiro atoms. The lowest BCUT2D eigenvalue weighted by molar-refractivity contribution is -0.0977. The minimum atomic E-state index is -0.379. The van der Waals surface area contributed by atoms with Gasteiger partial charge in [0.05, 0.1) is 18.3 Å². The molecule has 2 aliphatic rings. The molecule has 2 fully saturated rings. The Kier molecular flexibility index (Phi) is 2.92. The van der Waals surface area contributed by atoms with E-state index in [2.05, 4.69) is 10.1 Å². The first-order valence-electron chi connectivity index (χ1n) is 6.61. The second-order valence-electron chi connectivity index (χ2n) is 5.51. The molecule has 2 atom stereocenters. The van der Waals surface area contributed by atoms with Gasteiger partial charge in [0.15, 0.2) is 5.76 Å². The van der Waals surface area contributed by atoms with Crippen molar-refractivity contribution < 1.29 is 9.63 Å². The summed E-state index contributed by atoms with van der Waals surface area (Å²) in [6, 6.07) is 1.92. The zero-order chi connectivity index (χ0) is 11.7. The fourth-order valence-electron chi connectivity index (χ4n) is 3.33. The van der Waals surface area contributed by atoms with Crippen molar-refractivity contribution in [2.45, 2.75) is 44.2 Å². The Bertz CT molecular complexity index is 366. The second kappa shape index (κ2) is 4.42. The van der Waals surface area contributed by atoms with Gasteiger partial charge in [0.1, 0.15) is 0 Å². The zero-order valence-electron chi connectivity index (χ0n) is 10.1. The Hall–Kier alpha value is -0.870. The predicted molar refractivity (Wildman–Crippen MR) is 63.3 cm³/mol. The van der Waals surface area contributed by atoms with Crippen LogP contribution < -0.4 is 0 Å². The molecular weight excluding hydrogens is 216 g/mol. The number of piperidine rings is 1. The molecule has 1 N–H and O–H groups in total. The third-order valence-corrected chi connectivity index (χ3v) is 4.38. The summed E-state index contributed by atoms with van der Waals surface area (Å²) in [4.78, 5) is 2.38. The molecule has 4 heteroatoms. The van der Waals surface area contributed by atoms with Crippen LogP contribution >= 0.6 is 0 Å². The highest BCUT2D eigenvalue weighted by Gasteiger charge is 2.42. The van der Waals surface area contributed by atoms with Crippen LogP contribution in [0.2, 0.25) is 0 Å². The summed E-state index contributed by atoms with van der Waals surface area (Å²) in [5.41, 5.74) is -0.379. The maximum absolute atomic E-state index is 10.6. The second-order valence-corrected chi connectivity index (χ2v) is 5.51. The highest BCUT2D eigenvalue weighted by molar-refractivity contribution is 4.98. The largest absolute Gasteiger partial charge is 0.390 e. The van der Waals surface area contributed by atoms with Gasteiger partial charge < -0.3 is 9.63 Å². The predicted octanol–water partition coefficient (Wildman–Crippen LogP) is 1.80. The molecule has 94 valence electrons. The summed E-state index contributed by atoms with van der Waals surface area (Å²) < 4.78 is 5.14. The van der Waals surface area contributed by atoms with Gasteiger partial charge >= 0.3 is 0 Å². The van der Waals surface area contributed by atoms with E-state index in [1.54, 1.807) is 6.20 Å². The first-order chi connectivity index (χ1) is 8.26. The van der Waals surface area contributed by atoms with Gasteiger partial charge in [-0.05, 0) is 19.3 Å². The monoisotopic (exact) mass is 236 g/mol. The van der Waals surface area contributed by atoms with E-state index in [9.17, 15) is 5.11 Å². The normalized spacial score (nSPS) is 34.5. The van der Waals surface area contributed by atoms with Crippen molar-refractivity contribution in [1.29, 1.82) is 0 Å². The van der Waals surface area contributed by atoms with E-state index in [4.69, 9.17) is 4.52 Å². The molecule has 0 radical (unpaired) electrons. The summed E-state index contributed by atoms with van der Waals surface area (Å²) in [6.07, 6.45) is 7.22. The van der Waals surface area contributed by atoms with Crippen LogP contribution in [0, 0.1) is 5.92 Å². The van der Waals surface area contributed by atoms with E-state index < -0.39 is 0 Å². The van der Waals surface area contributed by atoms with Crippen molar-refractivity contribution in [1.82, 2.24) is 10.1 Å². The molecule has 3 rings (SSSR count). The van der Waals surface area contributed by atoms with E-state index in [1.807, 2.05) is 6.07 Å². The third kappa shape index (κ3) is 2.24. The highest BCUT2D eigenvalue weighted by Crippen LogP contribution is 2.39. The molecule has 2 unspecified atom stereocenters. The maximum atomic E-state index is 10.6. The van der Waals surface area contributed by atoms with Crippen molar-refractivity contribution >= 4 is 0 Å². The molecule has 0 amide bonds. The van der Waals surface area contributed by atoms with Gasteiger partial charge in [-0.25, -0.2) is 0 Å². The standard InChI is InChI=1S/C13H20N2O2/c16-13-5-2-1-3-11(13)9-15(8-6-13)10-12-4-7-14-17-12/h4,7,11,16H,1-3,5-6,8-10H2. The summed E-state index contributed by atoms with van der Waals surface area (Å²) in [5.74, 6) is 1.37. The molecule has 2 heterocycles. The number of nitrogens with zero attached hydrogens (tertiary/aromatic N) is 2. The Morgan fingerprint density at radius 3 is 3.24 bits per heavy atom. The molecule has 1 aromatic heterocycles. The molecule has 4 nitrogen and oxygen atoms in total. The lowest BCUT2D eigenvalue weighted by atomic mass is 9.71. The van der Waals surface area contributed by atoms with Gasteiger partial charge in [-0.3, -0.25) is 4.90 Å². The van der Waals surface area contributed by atoms with Crippen LogP contribution in [0.15, 0.2) is 16.8 Å². The Morgan fingerprint density at radius 1 is 1.47 bits per heavy atom. The summed E-state index contributed by atoms with van der Waals surface area (Å²) in [7, 11) is 0. The van der Waals surface area contributed by atoms with E-state index >= 15 is 0 Å². The van der Waals surface area contributed by atoms with Gasteiger partial charge in [-0.2, -0.15) is 0 Å². The van der Waals surface area contributed by atoms with E-state index in [0.29, 0.717) is 5.92 Å². The molecule has 1 saturated heterocycles. The van der Waals surface area contributed by atoms with Crippen LogP contribution in [0.4, 0.5) is 0 Å². The number of rotatable bonds is 2. The Labute approximate surface area is 102 Å². The first-order valence-corrected chi connectivity index (χ1v) is 6.61. The number of hydrogen-bond donors (Lipinski definition) is 1. The van der Waals surface area contributed by atoms with Gasteiger partial charge in [-0.15, -0.1) is 0 Å². The SMILES string of the molecule is OC12CCCCC1CN(Cc1ccno1)CC2. The molecule has 17 heavy (non-hydrogen) atoms. The summed E-state index contributed by atoms with van der Waals surface area (Å²) in [6.45, 7) is 2.79. The lowest BCUT2D eigenvalue weighted by Crippen LogP contribution is -2.52. The van der Waals surface area contributed by atoms with Crippen molar-refractivity contribution in [2.24, 2.45) is 5.92 Å². The third-order valence-electron chi connectivity index (χ3n) is 4.38. The van der Waals surface area contributed by atoms with Crippen LogP contribution in [0.25, 0.3) is 0 Å². The fraction of sp³-hybridized carbons (Fsp3) is 0.769. The smallest absolute Gasteiger partial charge is 0.150 e. The Balaban J connectivity index is 1.63. The van der Waals surface area contributed by atoms with Gasteiger partial charge in [0.2, 0.25) is 0 Å². The van der Waals surface area contributed by atoms with E-state index in [0.717, 1.165) is 38.2 Å². The van der Waals surface area contributed by atoms with E-state index in [-0.39, 0.29) is 5.60 Å². The van der Waals surface area contributed by atoms with Crippen LogP contribution in [0.3, 0.4) is 0 Å². The average molecular weight is 236 g/mol. The molecule has 1 aliphatic carbocycles. The molecule has 1 aliphatic heterocycles. The Morgan fingerprint density at radius 2 is 2.41 bits per heavy atom. The molecule has 1 saturated carbocycles. The minimum Gasteiger partial charge on any atom is -0.390 e. The van der Waals surface area contributed by atoms with Crippen LogP contribution in [-0.2, 0) is 6.54 Å². The summed E-state index contributed by atoms with van der Waals surface area (Å²) in [5, 5.41) is 14.3. The average Bonchev–Trinajstić information content (AvgIpc) is 2.82. The van der Waals surface area contributed by atoms with Crippen LogP contribution in [0.5, 0.6) is 0 Å². The van der Waals surface area contributed by atoms with Crippen molar-refractivity contribution in [3.05, 3.63) is 18.0 Å². The minimum absolute atomic E-state index is 0.379.